The van der Waals surface area contributed by atoms with Crippen LogP contribution in [0.2, 0.25) is 10.0 Å². The maximum Gasteiger partial charge on any atom is 0.324 e. The molecule has 124 valence electrons. The summed E-state index contributed by atoms with van der Waals surface area (Å²) in [5.41, 5.74) is 1.52. The van der Waals surface area contributed by atoms with E-state index in [0.29, 0.717) is 10.0 Å². The summed E-state index contributed by atoms with van der Waals surface area (Å²) in [7, 11) is 0. The van der Waals surface area contributed by atoms with Gasteiger partial charge in [0.2, 0.25) is 0 Å². The first-order chi connectivity index (χ1) is 11.5. The normalized spacial score (nSPS) is 13.0. The number of ether oxygens (including phenoxy) is 1. The van der Waals surface area contributed by atoms with Gasteiger partial charge in [0.1, 0.15) is 0 Å². The molecule has 0 aromatic heterocycles. The van der Waals surface area contributed by atoms with Gasteiger partial charge in [-0.05, 0) is 36.2 Å². The minimum Gasteiger partial charge on any atom is -0.465 e. The highest BCUT2D eigenvalue weighted by Gasteiger charge is 2.33. The molecule has 3 nitrogen and oxygen atoms in total. The predicted molar refractivity (Wildman–Crippen MR) is 98.2 cm³/mol. The van der Waals surface area contributed by atoms with Gasteiger partial charge in [0.05, 0.1) is 22.7 Å². The van der Waals surface area contributed by atoms with Crippen molar-refractivity contribution < 1.29 is 9.53 Å². The number of nitriles is 1. The van der Waals surface area contributed by atoms with E-state index >= 15 is 0 Å². The van der Waals surface area contributed by atoms with Crippen molar-refractivity contribution in [2.75, 3.05) is 6.61 Å². The fourth-order valence-electron chi connectivity index (χ4n) is 2.48. The molecule has 0 saturated carbocycles. The molecule has 6 heteroatoms. The van der Waals surface area contributed by atoms with E-state index < -0.39 is 17.8 Å². The average molecular weight is 427 g/mol. The van der Waals surface area contributed by atoms with Gasteiger partial charge in [-0.3, -0.25) is 4.79 Å². The summed E-state index contributed by atoms with van der Waals surface area (Å²) in [5, 5.41) is 10.4. The van der Waals surface area contributed by atoms with E-state index in [-0.39, 0.29) is 6.61 Å². The monoisotopic (exact) mass is 425 g/mol. The summed E-state index contributed by atoms with van der Waals surface area (Å²) in [6.07, 6.45) is 0. The first-order valence-electron chi connectivity index (χ1n) is 7.25. The van der Waals surface area contributed by atoms with Crippen LogP contribution in [0.1, 0.15) is 24.0 Å². The molecule has 2 rings (SSSR count). The number of esters is 1. The topological polar surface area (TPSA) is 50.1 Å². The van der Waals surface area contributed by atoms with Crippen LogP contribution < -0.4 is 0 Å². The first-order valence-corrected chi connectivity index (χ1v) is 8.80. The van der Waals surface area contributed by atoms with E-state index in [2.05, 4.69) is 22.0 Å². The quantitative estimate of drug-likeness (QED) is 0.585. The van der Waals surface area contributed by atoms with Gasteiger partial charge in [-0.1, -0.05) is 63.4 Å². The highest BCUT2D eigenvalue weighted by atomic mass is 79.9. The van der Waals surface area contributed by atoms with Crippen LogP contribution in [0.4, 0.5) is 0 Å². The fourth-order valence-corrected chi connectivity index (χ4v) is 3.32. The van der Waals surface area contributed by atoms with E-state index in [1.165, 1.54) is 0 Å². The van der Waals surface area contributed by atoms with Crippen molar-refractivity contribution in [1.29, 1.82) is 5.26 Å². The van der Waals surface area contributed by atoms with Crippen molar-refractivity contribution >= 4 is 45.1 Å². The number of halogens is 3. The lowest BCUT2D eigenvalue weighted by molar-refractivity contribution is -0.146. The van der Waals surface area contributed by atoms with E-state index in [9.17, 15) is 10.1 Å². The van der Waals surface area contributed by atoms with Gasteiger partial charge in [0, 0.05) is 10.4 Å². The molecule has 0 fully saturated rings. The second-order valence-corrected chi connectivity index (χ2v) is 6.70. The van der Waals surface area contributed by atoms with Crippen LogP contribution in [0, 0.1) is 17.2 Å². The highest BCUT2D eigenvalue weighted by molar-refractivity contribution is 9.10. The van der Waals surface area contributed by atoms with Crippen LogP contribution in [0.15, 0.2) is 46.9 Å². The van der Waals surface area contributed by atoms with Gasteiger partial charge < -0.3 is 4.74 Å². The Morgan fingerprint density at radius 2 is 1.96 bits per heavy atom. The van der Waals surface area contributed by atoms with Crippen molar-refractivity contribution in [3.05, 3.63) is 68.1 Å². The first kappa shape index (κ1) is 18.8. The van der Waals surface area contributed by atoms with E-state index in [0.717, 1.165) is 15.6 Å². The van der Waals surface area contributed by atoms with Gasteiger partial charge in [0.15, 0.2) is 5.92 Å². The molecule has 0 aliphatic carbocycles. The molecule has 0 bridgehead atoms. The van der Waals surface area contributed by atoms with Crippen LogP contribution in [-0.2, 0) is 9.53 Å². The molecule has 2 unspecified atom stereocenters. The standard InChI is InChI=1S/C18H14BrCl2NO2/c1-2-24-18(23)13(10-22)17(12-5-3-4-6-14(12)19)11-7-8-15(20)16(21)9-11/h3-9,13,17H,2H2,1H3. The smallest absolute Gasteiger partial charge is 0.324 e. The Kier molecular flexibility index (Phi) is 6.68. The molecule has 0 radical (unpaired) electrons. The molecule has 0 saturated heterocycles. The van der Waals surface area contributed by atoms with Crippen molar-refractivity contribution in [3.63, 3.8) is 0 Å². The molecule has 2 aromatic carbocycles. The molecule has 0 heterocycles. The third-order valence-corrected chi connectivity index (χ3v) is 5.02. The van der Waals surface area contributed by atoms with Crippen molar-refractivity contribution in [2.45, 2.75) is 12.8 Å². The zero-order chi connectivity index (χ0) is 17.7. The van der Waals surface area contributed by atoms with Gasteiger partial charge in [-0.25, -0.2) is 0 Å². The Balaban J connectivity index is 2.61. The summed E-state index contributed by atoms with van der Waals surface area (Å²) >= 11 is 15.6. The second kappa shape index (κ2) is 8.53. The maximum absolute atomic E-state index is 12.3. The molecule has 24 heavy (non-hydrogen) atoms. The lowest BCUT2D eigenvalue weighted by Gasteiger charge is -2.23. The van der Waals surface area contributed by atoms with Gasteiger partial charge in [-0.2, -0.15) is 5.26 Å². The molecule has 2 atom stereocenters. The van der Waals surface area contributed by atoms with Crippen molar-refractivity contribution in [3.8, 4) is 6.07 Å². The SMILES string of the molecule is CCOC(=O)C(C#N)C(c1ccc(Cl)c(Cl)c1)c1ccccc1Br. The highest BCUT2D eigenvalue weighted by Crippen LogP contribution is 2.38. The molecular formula is C18H14BrCl2NO2. The maximum atomic E-state index is 12.3. The second-order valence-electron chi connectivity index (χ2n) is 5.03. The van der Waals surface area contributed by atoms with Crippen LogP contribution in [0.25, 0.3) is 0 Å². The Morgan fingerprint density at radius 3 is 2.54 bits per heavy atom. The lowest BCUT2D eigenvalue weighted by Crippen LogP contribution is -2.24. The summed E-state index contributed by atoms with van der Waals surface area (Å²) < 4.78 is 5.87. The number of hydrogen-bond acceptors (Lipinski definition) is 3. The molecule has 0 aliphatic heterocycles. The third-order valence-electron chi connectivity index (χ3n) is 3.56. The van der Waals surface area contributed by atoms with E-state index in [1.54, 1.807) is 25.1 Å². The molecule has 0 aliphatic rings. The number of carbonyl (C=O) groups excluding carboxylic acids is 1. The Hall–Kier alpha value is -1.54. The molecule has 0 N–H and O–H groups in total. The number of benzene rings is 2. The van der Waals surface area contributed by atoms with Crippen LogP contribution >= 0.6 is 39.1 Å². The number of rotatable bonds is 5. The predicted octanol–water partition coefficient (Wildman–Crippen LogP) is 5.59. The van der Waals surface area contributed by atoms with Gasteiger partial charge in [-0.15, -0.1) is 0 Å². The average Bonchev–Trinajstić information content (AvgIpc) is 2.56. The minimum absolute atomic E-state index is 0.209. The lowest BCUT2D eigenvalue weighted by atomic mass is 9.81. The van der Waals surface area contributed by atoms with Crippen LogP contribution in [-0.4, -0.2) is 12.6 Å². The molecule has 0 spiro atoms. The van der Waals surface area contributed by atoms with Gasteiger partial charge in [0.25, 0.3) is 0 Å². The van der Waals surface area contributed by atoms with Crippen molar-refractivity contribution in [2.24, 2.45) is 5.92 Å². The fraction of sp³-hybridized carbons (Fsp3) is 0.222. The summed E-state index contributed by atoms with van der Waals surface area (Å²) in [4.78, 5) is 12.3. The molecule has 2 aromatic rings. The molecular weight excluding hydrogens is 413 g/mol. The molecule has 0 amide bonds. The zero-order valence-corrected chi connectivity index (χ0v) is 15.9. The summed E-state index contributed by atoms with van der Waals surface area (Å²) in [5.74, 6) is -2.09. The van der Waals surface area contributed by atoms with Crippen molar-refractivity contribution in [1.82, 2.24) is 0 Å². The zero-order valence-electron chi connectivity index (χ0n) is 12.8. The number of nitrogens with zero attached hydrogens (tertiary/aromatic N) is 1. The van der Waals surface area contributed by atoms with Crippen LogP contribution in [0.3, 0.4) is 0 Å². The van der Waals surface area contributed by atoms with Gasteiger partial charge >= 0.3 is 5.97 Å². The Bertz CT molecular complexity index is 789. The largest absolute Gasteiger partial charge is 0.465 e. The number of hydrogen-bond donors (Lipinski definition) is 0. The van der Waals surface area contributed by atoms with E-state index in [1.807, 2.05) is 24.3 Å². The Morgan fingerprint density at radius 1 is 1.25 bits per heavy atom. The van der Waals surface area contributed by atoms with Crippen LogP contribution in [0.5, 0.6) is 0 Å². The summed E-state index contributed by atoms with van der Waals surface area (Å²) in [6.45, 7) is 1.92. The number of carbonyl (C=O) groups is 1. The third kappa shape index (κ3) is 4.10. The summed E-state index contributed by atoms with van der Waals surface area (Å²) in [6, 6.07) is 14.6. The minimum atomic E-state index is -0.999. The Labute approximate surface area is 159 Å². The van der Waals surface area contributed by atoms with E-state index in [4.69, 9.17) is 27.9 Å².